The molecule has 0 N–H and O–H groups in total. The van der Waals surface area contributed by atoms with E-state index in [0.717, 1.165) is 47.6 Å². The highest BCUT2D eigenvalue weighted by atomic mass is 16.5. The number of methoxy groups -OCH3 is 6. The van der Waals surface area contributed by atoms with Gasteiger partial charge < -0.3 is 37.9 Å². The van der Waals surface area contributed by atoms with Crippen LogP contribution in [0.25, 0.3) is 0 Å². The second-order valence-corrected chi connectivity index (χ2v) is 10.7. The first-order valence-electron chi connectivity index (χ1n) is 14.7. The SMILES string of the molecule is COc1ccc([C@H]2CC(=O)Oc3c([C@H](CCN4CCOCC4)c4cc(OC)c(OC)c(OC)c4)c(OC)cc(OC)c32)cc1. The lowest BCUT2D eigenvalue weighted by molar-refractivity contribution is -0.135. The Bertz CT molecular complexity index is 1430. The van der Waals surface area contributed by atoms with Crippen molar-refractivity contribution < 1.29 is 42.7 Å². The van der Waals surface area contributed by atoms with Gasteiger partial charge in [-0.25, -0.2) is 0 Å². The maximum atomic E-state index is 13.3. The predicted octanol–water partition coefficient (Wildman–Crippen LogP) is 5.03. The van der Waals surface area contributed by atoms with Crippen molar-refractivity contribution in [3.8, 4) is 40.2 Å². The van der Waals surface area contributed by atoms with Gasteiger partial charge in [-0.15, -0.1) is 0 Å². The van der Waals surface area contributed by atoms with Crippen LogP contribution in [0, 0.1) is 0 Å². The molecule has 0 bridgehead atoms. The lowest BCUT2D eigenvalue weighted by atomic mass is 9.80. The molecule has 236 valence electrons. The van der Waals surface area contributed by atoms with Gasteiger partial charge in [0.15, 0.2) is 11.5 Å². The van der Waals surface area contributed by atoms with Gasteiger partial charge in [0.05, 0.1) is 62.3 Å². The molecule has 0 aliphatic carbocycles. The van der Waals surface area contributed by atoms with Gasteiger partial charge in [-0.3, -0.25) is 9.69 Å². The third-order valence-electron chi connectivity index (χ3n) is 8.45. The molecule has 10 heteroatoms. The topological polar surface area (TPSA) is 94.2 Å². The monoisotopic (exact) mass is 607 g/mol. The van der Waals surface area contributed by atoms with Crippen molar-refractivity contribution in [2.45, 2.75) is 24.7 Å². The predicted molar refractivity (Wildman–Crippen MR) is 164 cm³/mol. The first-order chi connectivity index (χ1) is 21.5. The molecule has 2 aliphatic heterocycles. The van der Waals surface area contributed by atoms with Crippen LogP contribution >= 0.6 is 0 Å². The van der Waals surface area contributed by atoms with Crippen LogP contribution in [0.1, 0.15) is 46.9 Å². The van der Waals surface area contributed by atoms with E-state index in [-0.39, 0.29) is 24.2 Å². The second kappa shape index (κ2) is 14.1. The Morgan fingerprint density at radius 1 is 0.795 bits per heavy atom. The largest absolute Gasteiger partial charge is 0.497 e. The number of nitrogens with zero attached hydrogens (tertiary/aromatic N) is 1. The van der Waals surface area contributed by atoms with E-state index in [1.807, 2.05) is 42.5 Å². The molecule has 3 aromatic carbocycles. The molecule has 0 saturated carbocycles. The van der Waals surface area contributed by atoms with Gasteiger partial charge in [0, 0.05) is 42.1 Å². The number of morpholine rings is 1. The molecule has 2 aliphatic rings. The van der Waals surface area contributed by atoms with Crippen LogP contribution in [0.2, 0.25) is 0 Å². The third kappa shape index (κ3) is 6.23. The van der Waals surface area contributed by atoms with Gasteiger partial charge in [0.25, 0.3) is 0 Å². The molecule has 3 aromatic rings. The normalized spacial score (nSPS) is 17.2. The van der Waals surface area contributed by atoms with Crippen molar-refractivity contribution >= 4 is 5.97 Å². The van der Waals surface area contributed by atoms with E-state index < -0.39 is 0 Å². The molecule has 2 heterocycles. The van der Waals surface area contributed by atoms with Gasteiger partial charge >= 0.3 is 5.97 Å². The number of hydrogen-bond donors (Lipinski definition) is 0. The Hall–Kier alpha value is -4.15. The number of carbonyl (C=O) groups excluding carboxylic acids is 1. The average molecular weight is 608 g/mol. The molecule has 0 aromatic heterocycles. The zero-order valence-electron chi connectivity index (χ0n) is 26.3. The van der Waals surface area contributed by atoms with E-state index >= 15 is 0 Å². The van der Waals surface area contributed by atoms with Gasteiger partial charge in [0.2, 0.25) is 5.75 Å². The molecule has 10 nitrogen and oxygen atoms in total. The number of carbonyl (C=O) groups is 1. The van der Waals surface area contributed by atoms with Gasteiger partial charge in [0.1, 0.15) is 23.0 Å². The lowest BCUT2D eigenvalue weighted by Gasteiger charge is -2.33. The molecule has 2 atom stereocenters. The fourth-order valence-electron chi connectivity index (χ4n) is 6.21. The molecule has 5 rings (SSSR count). The smallest absolute Gasteiger partial charge is 0.312 e. The Morgan fingerprint density at radius 3 is 2.00 bits per heavy atom. The lowest BCUT2D eigenvalue weighted by Crippen LogP contribution is -2.37. The summed E-state index contributed by atoms with van der Waals surface area (Å²) in [6.45, 7) is 3.85. The van der Waals surface area contributed by atoms with Crippen molar-refractivity contribution in [3.63, 3.8) is 0 Å². The summed E-state index contributed by atoms with van der Waals surface area (Å²) in [6.07, 6.45) is 0.864. The van der Waals surface area contributed by atoms with Crippen molar-refractivity contribution in [1.29, 1.82) is 0 Å². The number of benzene rings is 3. The van der Waals surface area contributed by atoms with Crippen LogP contribution in [0.5, 0.6) is 40.2 Å². The number of esters is 1. The van der Waals surface area contributed by atoms with E-state index in [1.165, 1.54) is 0 Å². The molecule has 1 fully saturated rings. The molecular weight excluding hydrogens is 566 g/mol. The number of hydrogen-bond acceptors (Lipinski definition) is 10. The Labute approximate surface area is 258 Å². The van der Waals surface area contributed by atoms with E-state index in [0.29, 0.717) is 54.1 Å². The summed E-state index contributed by atoms with van der Waals surface area (Å²) in [5.74, 6) is 3.02. The summed E-state index contributed by atoms with van der Waals surface area (Å²) < 4.78 is 46.1. The van der Waals surface area contributed by atoms with Crippen LogP contribution in [0.4, 0.5) is 0 Å². The van der Waals surface area contributed by atoms with Crippen molar-refractivity contribution in [2.75, 3.05) is 75.5 Å². The maximum Gasteiger partial charge on any atom is 0.312 e. The summed E-state index contributed by atoms with van der Waals surface area (Å²) >= 11 is 0. The average Bonchev–Trinajstić information content (AvgIpc) is 3.07. The number of fused-ring (bicyclic) bond motifs is 1. The number of rotatable bonds is 12. The van der Waals surface area contributed by atoms with Gasteiger partial charge in [-0.05, 0) is 48.4 Å². The Morgan fingerprint density at radius 2 is 1.43 bits per heavy atom. The van der Waals surface area contributed by atoms with E-state index in [2.05, 4.69) is 4.90 Å². The van der Waals surface area contributed by atoms with Crippen LogP contribution in [0.15, 0.2) is 42.5 Å². The summed E-state index contributed by atoms with van der Waals surface area (Å²) in [7, 11) is 9.64. The molecular formula is C34H41NO9. The first-order valence-corrected chi connectivity index (χ1v) is 14.7. The maximum absolute atomic E-state index is 13.3. The minimum absolute atomic E-state index is 0.171. The summed E-state index contributed by atoms with van der Waals surface area (Å²) in [6, 6.07) is 13.5. The standard InChI is InChI=1S/C34H41NO9/c1-37-23-9-7-21(8-10-23)25-19-30(36)44-34-31(26(38-2)20-27(39-3)32(25)34)24(11-12-35-13-15-43-16-14-35)22-17-28(40-4)33(42-6)29(18-22)41-5/h7-10,17-18,20,24-25H,11-16,19H2,1-6H3/t24-,25-/m1/s1. The highest BCUT2D eigenvalue weighted by molar-refractivity contribution is 5.81. The highest BCUT2D eigenvalue weighted by Crippen LogP contribution is 2.54. The summed E-state index contributed by atoms with van der Waals surface area (Å²) in [5, 5.41) is 0. The quantitative estimate of drug-likeness (QED) is 0.206. The third-order valence-corrected chi connectivity index (χ3v) is 8.45. The summed E-state index contributed by atoms with van der Waals surface area (Å²) in [5.41, 5.74) is 3.42. The Kier molecular flexibility index (Phi) is 10.0. The number of ether oxygens (including phenoxy) is 8. The second-order valence-electron chi connectivity index (χ2n) is 10.7. The molecule has 44 heavy (non-hydrogen) atoms. The van der Waals surface area contributed by atoms with Crippen LogP contribution in [0.3, 0.4) is 0 Å². The fraction of sp³-hybridized carbons (Fsp3) is 0.441. The van der Waals surface area contributed by atoms with E-state index in [9.17, 15) is 4.79 Å². The van der Waals surface area contributed by atoms with E-state index in [4.69, 9.17) is 37.9 Å². The van der Waals surface area contributed by atoms with Crippen LogP contribution in [-0.2, 0) is 9.53 Å². The minimum Gasteiger partial charge on any atom is -0.497 e. The summed E-state index contributed by atoms with van der Waals surface area (Å²) in [4.78, 5) is 15.7. The van der Waals surface area contributed by atoms with Crippen molar-refractivity contribution in [3.05, 3.63) is 64.7 Å². The van der Waals surface area contributed by atoms with Gasteiger partial charge in [-0.2, -0.15) is 0 Å². The molecule has 0 unspecified atom stereocenters. The minimum atomic E-state index is -0.327. The molecule has 1 saturated heterocycles. The highest BCUT2D eigenvalue weighted by Gasteiger charge is 2.38. The zero-order valence-corrected chi connectivity index (χ0v) is 26.3. The molecule has 0 spiro atoms. The van der Waals surface area contributed by atoms with Crippen molar-refractivity contribution in [1.82, 2.24) is 4.90 Å². The van der Waals surface area contributed by atoms with E-state index in [1.54, 1.807) is 42.7 Å². The zero-order chi connectivity index (χ0) is 31.2. The van der Waals surface area contributed by atoms with Gasteiger partial charge in [-0.1, -0.05) is 12.1 Å². The van der Waals surface area contributed by atoms with Crippen LogP contribution in [-0.4, -0.2) is 86.4 Å². The fourth-order valence-corrected chi connectivity index (χ4v) is 6.21. The van der Waals surface area contributed by atoms with Crippen LogP contribution < -0.4 is 33.2 Å². The molecule has 0 amide bonds. The Balaban J connectivity index is 1.72. The first kappa shape index (κ1) is 31.3. The van der Waals surface area contributed by atoms with Crippen molar-refractivity contribution in [2.24, 2.45) is 0 Å². The molecule has 0 radical (unpaired) electrons.